The van der Waals surface area contributed by atoms with Crippen LogP contribution in [0, 0.1) is 6.92 Å². The number of hydrogen-bond donors (Lipinski definition) is 0. The second kappa shape index (κ2) is 6.44. The zero-order valence-corrected chi connectivity index (χ0v) is 16.0. The highest BCUT2D eigenvalue weighted by Crippen LogP contribution is 2.29. The Morgan fingerprint density at radius 2 is 2.07 bits per heavy atom. The second-order valence-electron chi connectivity index (χ2n) is 7.53. The fourth-order valence-electron chi connectivity index (χ4n) is 4.31. The molecule has 1 aliphatic rings. The summed E-state index contributed by atoms with van der Waals surface area (Å²) >= 11 is 0. The van der Waals surface area contributed by atoms with Crippen molar-refractivity contribution in [2.24, 2.45) is 7.05 Å². The molecule has 1 unspecified atom stereocenters. The lowest BCUT2D eigenvalue weighted by molar-refractivity contribution is 0.0696. The Balaban J connectivity index is 1.47. The summed E-state index contributed by atoms with van der Waals surface area (Å²) in [6.07, 6.45) is 3.53. The van der Waals surface area contributed by atoms with Crippen LogP contribution in [0.1, 0.15) is 40.6 Å². The van der Waals surface area contributed by atoms with E-state index in [1.165, 1.54) is 6.33 Å². The van der Waals surface area contributed by atoms with Crippen LogP contribution in [0.25, 0.3) is 16.7 Å². The minimum absolute atomic E-state index is 0.0870. The molecule has 0 saturated carbocycles. The Morgan fingerprint density at radius 3 is 2.93 bits per heavy atom. The van der Waals surface area contributed by atoms with E-state index in [0.29, 0.717) is 12.3 Å². The molecule has 1 aromatic carbocycles. The summed E-state index contributed by atoms with van der Waals surface area (Å²) in [5.74, 6) is 0.925. The van der Waals surface area contributed by atoms with Gasteiger partial charge in [-0.25, -0.2) is 9.50 Å². The Bertz CT molecular complexity index is 1190. The topological polar surface area (TPSA) is 68.3 Å². The average molecular weight is 374 g/mol. The average Bonchev–Trinajstić information content (AvgIpc) is 3.31. The first kappa shape index (κ1) is 16.9. The molecule has 1 atom stereocenters. The number of piperidine rings is 1. The molecule has 0 aliphatic carbocycles. The normalized spacial score (nSPS) is 17.5. The predicted molar refractivity (Wildman–Crippen MR) is 106 cm³/mol. The summed E-state index contributed by atoms with van der Waals surface area (Å²) in [6.45, 7) is 3.43. The van der Waals surface area contributed by atoms with Gasteiger partial charge in [0.25, 0.3) is 11.7 Å². The molecule has 3 aromatic heterocycles. The molecule has 0 bridgehead atoms. The smallest absolute Gasteiger partial charge is 0.270 e. The van der Waals surface area contributed by atoms with Gasteiger partial charge in [0.1, 0.15) is 12.0 Å². The van der Waals surface area contributed by atoms with Crippen molar-refractivity contribution in [2.45, 2.75) is 25.7 Å². The molecule has 1 aliphatic heterocycles. The van der Waals surface area contributed by atoms with Gasteiger partial charge in [-0.15, -0.1) is 0 Å². The molecule has 1 saturated heterocycles. The van der Waals surface area contributed by atoms with Gasteiger partial charge in [0.2, 0.25) is 0 Å². The van der Waals surface area contributed by atoms with Crippen LogP contribution in [0.3, 0.4) is 0 Å². The molecule has 5 rings (SSSR count). The molecule has 0 N–H and O–H groups in total. The van der Waals surface area contributed by atoms with Crippen LogP contribution in [0.5, 0.6) is 0 Å². The summed E-state index contributed by atoms with van der Waals surface area (Å²) in [5.41, 5.74) is 3.81. The van der Waals surface area contributed by atoms with Crippen molar-refractivity contribution in [3.05, 3.63) is 59.8 Å². The number of carbonyl (C=O) groups is 1. The third-order valence-corrected chi connectivity index (χ3v) is 5.71. The Kier molecular flexibility index (Phi) is 3.89. The first-order valence-electron chi connectivity index (χ1n) is 9.63. The first-order chi connectivity index (χ1) is 13.6. The highest BCUT2D eigenvalue weighted by molar-refractivity contribution is 5.98. The van der Waals surface area contributed by atoms with Crippen LogP contribution in [-0.4, -0.2) is 48.0 Å². The molecule has 4 aromatic rings. The molecule has 0 spiro atoms. The van der Waals surface area contributed by atoms with Gasteiger partial charge < -0.3 is 9.47 Å². The van der Waals surface area contributed by atoms with E-state index in [2.05, 4.69) is 21.1 Å². The van der Waals surface area contributed by atoms with Crippen molar-refractivity contribution < 1.29 is 4.79 Å². The predicted octanol–water partition coefficient (Wildman–Crippen LogP) is 2.94. The summed E-state index contributed by atoms with van der Waals surface area (Å²) in [5, 5.41) is 5.43. The molecular weight excluding hydrogens is 352 g/mol. The lowest BCUT2D eigenvalue weighted by Gasteiger charge is -2.33. The highest BCUT2D eigenvalue weighted by atomic mass is 16.2. The van der Waals surface area contributed by atoms with Crippen LogP contribution in [-0.2, 0) is 7.05 Å². The van der Waals surface area contributed by atoms with Gasteiger partial charge in [0.15, 0.2) is 0 Å². The largest absolute Gasteiger partial charge is 0.340 e. The van der Waals surface area contributed by atoms with Crippen LogP contribution in [0.4, 0.5) is 0 Å². The number of nitrogens with zero attached hydrogens (tertiary/aromatic N) is 6. The third kappa shape index (κ3) is 2.66. The number of fused-ring (bicyclic) bond motifs is 2. The Morgan fingerprint density at radius 1 is 1.21 bits per heavy atom. The standard InChI is InChI=1S/C21H22N6O/c1-14-10-18(27-21(24-14)22-13-23-27)16-7-5-9-26(12-16)20(28)19-11-15-6-3-4-8-17(15)25(19)2/h3-4,6,8,10-11,13,16H,5,7,9,12H2,1-2H3. The number of carbonyl (C=O) groups excluding carboxylic acids is 1. The van der Waals surface area contributed by atoms with E-state index in [4.69, 9.17) is 0 Å². The monoisotopic (exact) mass is 374 g/mol. The molecule has 142 valence electrons. The van der Waals surface area contributed by atoms with Crippen molar-refractivity contribution in [1.29, 1.82) is 0 Å². The van der Waals surface area contributed by atoms with Gasteiger partial charge in [0, 0.05) is 42.7 Å². The quantitative estimate of drug-likeness (QED) is 0.541. The van der Waals surface area contributed by atoms with E-state index in [1.807, 2.05) is 58.3 Å². The maximum absolute atomic E-state index is 13.3. The van der Waals surface area contributed by atoms with Gasteiger partial charge in [-0.3, -0.25) is 4.79 Å². The third-order valence-electron chi connectivity index (χ3n) is 5.71. The maximum atomic E-state index is 13.3. The molecule has 28 heavy (non-hydrogen) atoms. The zero-order valence-electron chi connectivity index (χ0n) is 16.0. The van der Waals surface area contributed by atoms with Gasteiger partial charge in [-0.1, -0.05) is 18.2 Å². The SMILES string of the molecule is Cc1cc(C2CCCN(C(=O)c3cc4ccccc4n3C)C2)n2ncnc2n1. The van der Waals surface area contributed by atoms with Crippen molar-refractivity contribution in [2.75, 3.05) is 13.1 Å². The van der Waals surface area contributed by atoms with Gasteiger partial charge >= 0.3 is 0 Å². The van der Waals surface area contributed by atoms with E-state index >= 15 is 0 Å². The fraction of sp³-hybridized carbons (Fsp3) is 0.333. The van der Waals surface area contributed by atoms with Crippen LogP contribution >= 0.6 is 0 Å². The number of hydrogen-bond acceptors (Lipinski definition) is 4. The lowest BCUT2D eigenvalue weighted by atomic mass is 9.94. The number of aromatic nitrogens is 5. The van der Waals surface area contributed by atoms with E-state index in [0.717, 1.165) is 47.4 Å². The van der Waals surface area contributed by atoms with Gasteiger partial charge in [0.05, 0.1) is 5.69 Å². The fourth-order valence-corrected chi connectivity index (χ4v) is 4.31. The van der Waals surface area contributed by atoms with Gasteiger partial charge in [-0.2, -0.15) is 10.1 Å². The molecular formula is C21H22N6O. The van der Waals surface area contributed by atoms with Crippen molar-refractivity contribution >= 4 is 22.6 Å². The van der Waals surface area contributed by atoms with E-state index < -0.39 is 0 Å². The van der Waals surface area contributed by atoms with Crippen molar-refractivity contribution in [1.82, 2.24) is 29.0 Å². The van der Waals surface area contributed by atoms with Crippen LogP contribution in [0.15, 0.2) is 42.7 Å². The van der Waals surface area contributed by atoms with E-state index in [-0.39, 0.29) is 11.8 Å². The highest BCUT2D eigenvalue weighted by Gasteiger charge is 2.29. The summed E-state index contributed by atoms with van der Waals surface area (Å²) in [6, 6.07) is 12.2. The minimum Gasteiger partial charge on any atom is -0.340 e. The summed E-state index contributed by atoms with van der Waals surface area (Å²) in [4.78, 5) is 23.9. The number of benzene rings is 1. The molecule has 4 heterocycles. The number of para-hydroxylation sites is 1. The maximum Gasteiger partial charge on any atom is 0.270 e. The van der Waals surface area contributed by atoms with Crippen LogP contribution in [0.2, 0.25) is 0 Å². The zero-order chi connectivity index (χ0) is 19.3. The summed E-state index contributed by atoms with van der Waals surface area (Å²) in [7, 11) is 1.96. The number of likely N-dealkylation sites (tertiary alicyclic amines) is 1. The molecule has 7 heteroatoms. The molecule has 7 nitrogen and oxygen atoms in total. The van der Waals surface area contributed by atoms with E-state index in [1.54, 1.807) is 0 Å². The second-order valence-corrected chi connectivity index (χ2v) is 7.53. The number of rotatable bonds is 2. The molecule has 0 radical (unpaired) electrons. The molecule has 1 amide bonds. The van der Waals surface area contributed by atoms with Crippen molar-refractivity contribution in [3.63, 3.8) is 0 Å². The van der Waals surface area contributed by atoms with Crippen molar-refractivity contribution in [3.8, 4) is 0 Å². The lowest BCUT2D eigenvalue weighted by Crippen LogP contribution is -2.40. The molecule has 1 fully saturated rings. The van der Waals surface area contributed by atoms with Crippen LogP contribution < -0.4 is 0 Å². The number of amides is 1. The summed E-state index contributed by atoms with van der Waals surface area (Å²) < 4.78 is 3.80. The Hall–Kier alpha value is -3.22. The van der Waals surface area contributed by atoms with E-state index in [9.17, 15) is 4.79 Å². The Labute approximate surface area is 162 Å². The minimum atomic E-state index is 0.0870. The first-order valence-corrected chi connectivity index (χ1v) is 9.63. The number of aryl methyl sites for hydroxylation is 2. The van der Waals surface area contributed by atoms with Gasteiger partial charge in [-0.05, 0) is 38.0 Å².